The number of pyridine rings is 1. The molecule has 4 aromatic rings. The topological polar surface area (TPSA) is 46.1 Å². The zero-order valence-corrected chi connectivity index (χ0v) is 18.7. The molecular formula is C24H23N3OS2. The number of nitrogens with zero attached hydrogens (tertiary/aromatic N) is 3. The van der Waals surface area contributed by atoms with Crippen LogP contribution in [0.2, 0.25) is 0 Å². The molecular weight excluding hydrogens is 410 g/mol. The lowest BCUT2D eigenvalue weighted by Gasteiger charge is -2.19. The number of thioether (sulfide) groups is 1. The zero-order chi connectivity index (χ0) is 20.9. The third-order valence-electron chi connectivity index (χ3n) is 4.75. The van der Waals surface area contributed by atoms with E-state index in [1.165, 1.54) is 11.1 Å². The predicted octanol–water partition coefficient (Wildman–Crippen LogP) is 5.77. The molecule has 0 radical (unpaired) electrons. The maximum Gasteiger partial charge on any atom is 0.239 e. The maximum absolute atomic E-state index is 13.2. The number of hydrogen-bond acceptors (Lipinski definition) is 5. The van der Waals surface area contributed by atoms with Gasteiger partial charge in [-0.3, -0.25) is 14.7 Å². The van der Waals surface area contributed by atoms with Crippen LogP contribution in [0.25, 0.3) is 10.2 Å². The minimum absolute atomic E-state index is 0.0632. The van der Waals surface area contributed by atoms with E-state index < -0.39 is 0 Å². The van der Waals surface area contributed by atoms with Crippen molar-refractivity contribution in [3.05, 3.63) is 89.2 Å². The van der Waals surface area contributed by atoms with Gasteiger partial charge in [0.1, 0.15) is 0 Å². The SMILES string of the molecule is Cc1cc(C)c2nc(N(Cc3cccnc3)C(=O)CSCc3ccccc3)sc2c1. The second-order valence-corrected chi connectivity index (χ2v) is 9.24. The van der Waals surface area contributed by atoms with Crippen LogP contribution in [-0.4, -0.2) is 21.6 Å². The van der Waals surface area contributed by atoms with Crippen molar-refractivity contribution in [3.8, 4) is 0 Å². The Kier molecular flexibility index (Phi) is 6.45. The van der Waals surface area contributed by atoms with Crippen molar-refractivity contribution in [2.75, 3.05) is 10.7 Å². The minimum atomic E-state index is 0.0632. The molecule has 0 aliphatic heterocycles. The van der Waals surface area contributed by atoms with E-state index in [-0.39, 0.29) is 5.91 Å². The van der Waals surface area contributed by atoms with Gasteiger partial charge in [-0.25, -0.2) is 4.98 Å². The van der Waals surface area contributed by atoms with Gasteiger partial charge in [0.15, 0.2) is 5.13 Å². The van der Waals surface area contributed by atoms with E-state index in [0.29, 0.717) is 12.3 Å². The van der Waals surface area contributed by atoms with Crippen LogP contribution in [0.4, 0.5) is 5.13 Å². The molecule has 0 fully saturated rings. The van der Waals surface area contributed by atoms with Gasteiger partial charge < -0.3 is 0 Å². The third kappa shape index (κ3) is 4.89. The molecule has 30 heavy (non-hydrogen) atoms. The first-order chi connectivity index (χ1) is 14.6. The van der Waals surface area contributed by atoms with Crippen LogP contribution in [0.5, 0.6) is 0 Å². The van der Waals surface area contributed by atoms with E-state index in [4.69, 9.17) is 4.98 Å². The fraction of sp³-hybridized carbons (Fsp3) is 0.208. The summed E-state index contributed by atoms with van der Waals surface area (Å²) in [5.74, 6) is 1.28. The highest BCUT2D eigenvalue weighted by Crippen LogP contribution is 2.33. The molecule has 0 unspecified atom stereocenters. The van der Waals surface area contributed by atoms with Gasteiger partial charge in [-0.2, -0.15) is 0 Å². The monoisotopic (exact) mass is 433 g/mol. The summed E-state index contributed by atoms with van der Waals surface area (Å²) in [6, 6.07) is 18.4. The van der Waals surface area contributed by atoms with Crippen LogP contribution in [0.1, 0.15) is 22.3 Å². The molecule has 4 rings (SSSR count). The highest BCUT2D eigenvalue weighted by Gasteiger charge is 2.21. The van der Waals surface area contributed by atoms with Crippen molar-refractivity contribution in [2.45, 2.75) is 26.1 Å². The van der Waals surface area contributed by atoms with Gasteiger partial charge in [-0.1, -0.05) is 53.8 Å². The van der Waals surface area contributed by atoms with Gasteiger partial charge in [-0.15, -0.1) is 11.8 Å². The number of thiazole rings is 1. The summed E-state index contributed by atoms with van der Waals surface area (Å²) in [6.45, 7) is 4.63. The lowest BCUT2D eigenvalue weighted by molar-refractivity contribution is -0.116. The molecule has 0 saturated heterocycles. The molecule has 0 spiro atoms. The van der Waals surface area contributed by atoms with Crippen LogP contribution in [-0.2, 0) is 17.1 Å². The molecule has 2 aromatic carbocycles. The first-order valence-electron chi connectivity index (χ1n) is 9.79. The normalized spacial score (nSPS) is 11.0. The Morgan fingerprint density at radius 1 is 1.07 bits per heavy atom. The predicted molar refractivity (Wildman–Crippen MR) is 127 cm³/mol. The van der Waals surface area contributed by atoms with Gasteiger partial charge in [0.05, 0.1) is 22.5 Å². The van der Waals surface area contributed by atoms with Crippen molar-refractivity contribution in [1.82, 2.24) is 9.97 Å². The van der Waals surface area contributed by atoms with E-state index in [1.807, 2.05) is 30.3 Å². The minimum Gasteiger partial charge on any atom is -0.283 e. The molecule has 0 aliphatic carbocycles. The fourth-order valence-electron chi connectivity index (χ4n) is 3.32. The summed E-state index contributed by atoms with van der Waals surface area (Å²) >= 11 is 3.21. The maximum atomic E-state index is 13.2. The lowest BCUT2D eigenvalue weighted by Crippen LogP contribution is -2.32. The second-order valence-electron chi connectivity index (χ2n) is 7.24. The molecule has 0 aliphatic rings. The Labute approximate surface area is 185 Å². The van der Waals surface area contributed by atoms with Gasteiger partial charge in [0.2, 0.25) is 5.91 Å². The Balaban J connectivity index is 1.57. The van der Waals surface area contributed by atoms with E-state index in [1.54, 1.807) is 40.4 Å². The number of amides is 1. The summed E-state index contributed by atoms with van der Waals surface area (Å²) in [6.07, 6.45) is 3.55. The number of aryl methyl sites for hydroxylation is 2. The Morgan fingerprint density at radius 3 is 2.63 bits per heavy atom. The molecule has 0 saturated carbocycles. The van der Waals surface area contributed by atoms with E-state index >= 15 is 0 Å². The number of carbonyl (C=O) groups excluding carboxylic acids is 1. The number of aromatic nitrogens is 2. The molecule has 2 heterocycles. The molecule has 0 bridgehead atoms. The van der Waals surface area contributed by atoms with Crippen molar-refractivity contribution in [3.63, 3.8) is 0 Å². The number of rotatable bonds is 7. The van der Waals surface area contributed by atoms with Crippen molar-refractivity contribution in [1.29, 1.82) is 0 Å². The van der Waals surface area contributed by atoms with Gasteiger partial charge in [0, 0.05) is 18.1 Å². The average Bonchev–Trinajstić information content (AvgIpc) is 3.17. The number of fused-ring (bicyclic) bond motifs is 1. The summed E-state index contributed by atoms with van der Waals surface area (Å²) in [5.41, 5.74) is 5.53. The first-order valence-corrected chi connectivity index (χ1v) is 11.8. The van der Waals surface area contributed by atoms with E-state index in [9.17, 15) is 4.79 Å². The van der Waals surface area contributed by atoms with E-state index in [0.717, 1.165) is 32.2 Å². The molecule has 152 valence electrons. The van der Waals surface area contributed by atoms with Crippen LogP contribution >= 0.6 is 23.1 Å². The molecule has 2 aromatic heterocycles. The van der Waals surface area contributed by atoms with Gasteiger partial charge in [0.25, 0.3) is 0 Å². The number of anilines is 1. The lowest BCUT2D eigenvalue weighted by atomic mass is 10.1. The molecule has 1 amide bonds. The van der Waals surface area contributed by atoms with Gasteiger partial charge in [-0.05, 0) is 48.2 Å². The Hall–Kier alpha value is -2.70. The largest absolute Gasteiger partial charge is 0.283 e. The second kappa shape index (κ2) is 9.41. The van der Waals surface area contributed by atoms with Crippen molar-refractivity contribution < 1.29 is 4.79 Å². The van der Waals surface area contributed by atoms with Crippen molar-refractivity contribution >= 4 is 44.4 Å². The molecule has 0 atom stereocenters. The highest BCUT2D eigenvalue weighted by atomic mass is 32.2. The quantitative estimate of drug-likeness (QED) is 0.371. The summed E-state index contributed by atoms with van der Waals surface area (Å²) in [4.78, 5) is 24.1. The van der Waals surface area contributed by atoms with Crippen molar-refractivity contribution in [2.24, 2.45) is 0 Å². The molecule has 0 N–H and O–H groups in total. The Bertz CT molecular complexity index is 1140. The highest BCUT2D eigenvalue weighted by molar-refractivity contribution is 7.99. The summed E-state index contributed by atoms with van der Waals surface area (Å²) in [7, 11) is 0. The van der Waals surface area contributed by atoms with E-state index in [2.05, 4.69) is 43.1 Å². The first kappa shape index (κ1) is 20.6. The fourth-order valence-corrected chi connectivity index (χ4v) is 5.34. The smallest absolute Gasteiger partial charge is 0.239 e. The number of benzene rings is 2. The average molecular weight is 434 g/mol. The van der Waals surface area contributed by atoms with Gasteiger partial charge >= 0.3 is 0 Å². The standard InChI is InChI=1S/C24H23N3OS2/c1-17-11-18(2)23-21(12-17)30-24(26-23)27(14-20-9-6-10-25-13-20)22(28)16-29-15-19-7-4-3-5-8-19/h3-13H,14-16H2,1-2H3. The van der Waals surface area contributed by atoms with Crippen LogP contribution < -0.4 is 4.90 Å². The van der Waals surface area contributed by atoms with Crippen LogP contribution in [0, 0.1) is 13.8 Å². The van der Waals surface area contributed by atoms with Crippen LogP contribution in [0.3, 0.4) is 0 Å². The molecule has 4 nitrogen and oxygen atoms in total. The zero-order valence-electron chi connectivity index (χ0n) is 17.0. The number of hydrogen-bond donors (Lipinski definition) is 0. The number of carbonyl (C=O) groups is 1. The Morgan fingerprint density at radius 2 is 1.87 bits per heavy atom. The molecule has 6 heteroatoms. The van der Waals surface area contributed by atoms with Crippen LogP contribution in [0.15, 0.2) is 67.0 Å². The summed E-state index contributed by atoms with van der Waals surface area (Å²) < 4.78 is 1.11. The third-order valence-corrected chi connectivity index (χ3v) is 6.76. The summed E-state index contributed by atoms with van der Waals surface area (Å²) in [5, 5.41) is 0.743.